The minimum atomic E-state index is 0.721. The third-order valence-corrected chi connectivity index (χ3v) is 5.19. The average molecular weight is 401 g/mol. The van der Waals surface area contributed by atoms with Gasteiger partial charge in [-0.25, -0.2) is 0 Å². The first-order valence-corrected chi connectivity index (χ1v) is 10.3. The van der Waals surface area contributed by atoms with Crippen molar-refractivity contribution in [1.29, 1.82) is 0 Å². The van der Waals surface area contributed by atoms with Crippen molar-refractivity contribution in [1.82, 2.24) is 25.4 Å². The lowest BCUT2D eigenvalue weighted by Crippen LogP contribution is -2.37. The molecule has 0 aliphatic heterocycles. The summed E-state index contributed by atoms with van der Waals surface area (Å²) in [5.74, 6) is 0.808. The number of hydrogen-bond acceptors (Lipinski definition) is 2. The van der Waals surface area contributed by atoms with Gasteiger partial charge in [0.1, 0.15) is 0 Å². The van der Waals surface area contributed by atoms with Crippen molar-refractivity contribution in [2.24, 2.45) is 4.99 Å². The first-order valence-electron chi connectivity index (χ1n) is 10.3. The summed E-state index contributed by atoms with van der Waals surface area (Å²) in [5, 5.41) is 12.4. The topological polar surface area (TPSA) is 70.0 Å². The summed E-state index contributed by atoms with van der Waals surface area (Å²) in [6.45, 7) is 4.43. The number of hydrogen-bond donors (Lipinski definition) is 3. The lowest BCUT2D eigenvalue weighted by atomic mass is 10.1. The highest BCUT2D eigenvalue weighted by Gasteiger charge is 2.05. The number of nitrogens with zero attached hydrogens (tertiary/aromatic N) is 3. The number of aryl methyl sites for hydroxylation is 1. The van der Waals surface area contributed by atoms with E-state index in [0.717, 1.165) is 32.0 Å². The smallest absolute Gasteiger partial charge is 0.191 e. The first-order chi connectivity index (χ1) is 14.7. The molecule has 0 saturated carbocycles. The van der Waals surface area contributed by atoms with Gasteiger partial charge in [0.25, 0.3) is 0 Å². The molecular weight excluding hydrogens is 372 g/mol. The van der Waals surface area contributed by atoms with Crippen LogP contribution in [-0.4, -0.2) is 34.3 Å². The molecule has 0 aliphatic carbocycles. The van der Waals surface area contributed by atoms with E-state index >= 15 is 0 Å². The zero-order valence-corrected chi connectivity index (χ0v) is 17.5. The maximum Gasteiger partial charge on any atom is 0.191 e. The van der Waals surface area contributed by atoms with Crippen molar-refractivity contribution in [3.05, 3.63) is 89.4 Å². The molecule has 0 saturated heterocycles. The van der Waals surface area contributed by atoms with Crippen LogP contribution in [0.2, 0.25) is 0 Å². The Balaban J connectivity index is 1.29. The number of fused-ring (bicyclic) bond motifs is 1. The number of H-pyrrole nitrogens is 1. The fraction of sp³-hybridized carbons (Fsp3) is 0.250. The molecule has 2 heterocycles. The zero-order chi connectivity index (χ0) is 20.8. The van der Waals surface area contributed by atoms with Crippen LogP contribution >= 0.6 is 0 Å². The second-order valence-corrected chi connectivity index (χ2v) is 7.49. The van der Waals surface area contributed by atoms with Crippen molar-refractivity contribution in [2.45, 2.75) is 26.4 Å². The van der Waals surface area contributed by atoms with Crippen LogP contribution in [0.15, 0.2) is 72.1 Å². The Morgan fingerprint density at radius 1 is 1.10 bits per heavy atom. The van der Waals surface area contributed by atoms with Gasteiger partial charge in [-0.1, -0.05) is 36.4 Å². The molecular formula is C24H28N6. The Labute approximate surface area is 177 Å². The summed E-state index contributed by atoms with van der Waals surface area (Å²) >= 11 is 0. The van der Waals surface area contributed by atoms with E-state index in [0.29, 0.717) is 0 Å². The average Bonchev–Trinajstić information content (AvgIpc) is 3.40. The molecule has 0 amide bonds. The van der Waals surface area contributed by atoms with Gasteiger partial charge < -0.3 is 15.6 Å². The fourth-order valence-electron chi connectivity index (χ4n) is 3.65. The molecule has 0 radical (unpaired) electrons. The molecule has 6 nitrogen and oxygen atoms in total. The van der Waals surface area contributed by atoms with E-state index in [9.17, 15) is 0 Å². The summed E-state index contributed by atoms with van der Waals surface area (Å²) in [7, 11) is 1.80. The first kappa shape index (κ1) is 19.8. The molecule has 2 aromatic heterocycles. The third-order valence-electron chi connectivity index (χ3n) is 5.19. The largest absolute Gasteiger partial charge is 0.361 e. The Hall–Kier alpha value is -3.54. The predicted molar refractivity (Wildman–Crippen MR) is 123 cm³/mol. The van der Waals surface area contributed by atoms with E-state index in [1.54, 1.807) is 13.2 Å². The Morgan fingerprint density at radius 2 is 2.00 bits per heavy atom. The number of aliphatic imine (C=N–C) groups is 1. The molecule has 0 atom stereocenters. The lowest BCUT2D eigenvalue weighted by Gasteiger charge is -2.12. The zero-order valence-electron chi connectivity index (χ0n) is 17.5. The number of nitrogens with one attached hydrogen (secondary N) is 3. The van der Waals surface area contributed by atoms with Crippen LogP contribution in [-0.2, 0) is 19.5 Å². The number of rotatable bonds is 7. The number of guanidine groups is 1. The fourth-order valence-corrected chi connectivity index (χ4v) is 3.65. The van der Waals surface area contributed by atoms with E-state index in [4.69, 9.17) is 0 Å². The molecule has 0 fully saturated rings. The molecule has 30 heavy (non-hydrogen) atoms. The second-order valence-electron chi connectivity index (χ2n) is 7.49. The molecule has 0 aliphatic rings. The van der Waals surface area contributed by atoms with Gasteiger partial charge in [0.15, 0.2) is 5.96 Å². The highest BCUT2D eigenvalue weighted by atomic mass is 15.3. The minimum absolute atomic E-state index is 0.721. The molecule has 4 aromatic rings. The van der Waals surface area contributed by atoms with Crippen LogP contribution in [0.3, 0.4) is 0 Å². The van der Waals surface area contributed by atoms with E-state index in [1.807, 2.05) is 16.9 Å². The standard InChI is InChI=1S/C24H28N6/c1-18-7-8-22-21(16-27-23(22)13-18)9-11-26-24(25-2)28-15-19-5-3-6-20(14-19)17-30-12-4-10-29-30/h3-8,10,12-14,16,27H,9,11,15,17H2,1-2H3,(H2,25,26,28). The molecule has 4 rings (SSSR count). The molecule has 0 spiro atoms. The summed E-state index contributed by atoms with van der Waals surface area (Å²) in [4.78, 5) is 7.72. The van der Waals surface area contributed by atoms with Gasteiger partial charge in [0, 0.05) is 49.6 Å². The van der Waals surface area contributed by atoms with Crippen molar-refractivity contribution >= 4 is 16.9 Å². The number of aromatic amines is 1. The highest BCUT2D eigenvalue weighted by Crippen LogP contribution is 2.19. The van der Waals surface area contributed by atoms with Crippen molar-refractivity contribution < 1.29 is 0 Å². The SMILES string of the molecule is CN=C(NCCc1c[nH]c2cc(C)ccc12)NCc1cccc(Cn2cccn2)c1. The maximum atomic E-state index is 4.35. The summed E-state index contributed by atoms with van der Waals surface area (Å²) < 4.78 is 1.93. The quantitative estimate of drug-likeness (QED) is 0.328. The van der Waals surface area contributed by atoms with Crippen LogP contribution in [0.25, 0.3) is 10.9 Å². The monoisotopic (exact) mass is 400 g/mol. The molecule has 154 valence electrons. The van der Waals surface area contributed by atoms with Gasteiger partial charge in [-0.15, -0.1) is 0 Å². The van der Waals surface area contributed by atoms with Crippen molar-refractivity contribution in [3.63, 3.8) is 0 Å². The van der Waals surface area contributed by atoms with Crippen LogP contribution < -0.4 is 10.6 Å². The van der Waals surface area contributed by atoms with Crippen LogP contribution in [0.4, 0.5) is 0 Å². The van der Waals surface area contributed by atoms with Gasteiger partial charge in [-0.2, -0.15) is 5.10 Å². The lowest BCUT2D eigenvalue weighted by molar-refractivity contribution is 0.685. The normalized spacial score (nSPS) is 11.7. The molecule has 3 N–H and O–H groups in total. The summed E-state index contributed by atoms with van der Waals surface area (Å²) in [5.41, 5.74) is 6.24. The van der Waals surface area contributed by atoms with Gasteiger partial charge in [-0.3, -0.25) is 9.67 Å². The molecule has 0 bridgehead atoms. The Bertz CT molecular complexity index is 1120. The van der Waals surface area contributed by atoms with Crippen LogP contribution in [0, 0.1) is 6.92 Å². The van der Waals surface area contributed by atoms with E-state index in [1.165, 1.54) is 33.2 Å². The number of benzene rings is 2. The third kappa shape index (κ3) is 4.89. The van der Waals surface area contributed by atoms with Gasteiger partial charge in [-0.05, 0) is 47.7 Å². The van der Waals surface area contributed by atoms with Crippen LogP contribution in [0.5, 0.6) is 0 Å². The van der Waals surface area contributed by atoms with E-state index in [2.05, 4.69) is 81.3 Å². The second kappa shape index (κ2) is 9.31. The Kier molecular flexibility index (Phi) is 6.13. The van der Waals surface area contributed by atoms with Crippen molar-refractivity contribution in [3.8, 4) is 0 Å². The van der Waals surface area contributed by atoms with Crippen molar-refractivity contribution in [2.75, 3.05) is 13.6 Å². The summed E-state index contributed by atoms with van der Waals surface area (Å²) in [6.07, 6.45) is 6.82. The Morgan fingerprint density at radius 3 is 2.83 bits per heavy atom. The molecule has 6 heteroatoms. The maximum absolute atomic E-state index is 4.35. The van der Waals surface area contributed by atoms with Gasteiger partial charge >= 0.3 is 0 Å². The predicted octanol–water partition coefficient (Wildman–Crippen LogP) is 3.63. The van der Waals surface area contributed by atoms with E-state index in [-0.39, 0.29) is 0 Å². The minimum Gasteiger partial charge on any atom is -0.361 e. The highest BCUT2D eigenvalue weighted by molar-refractivity contribution is 5.84. The number of aromatic nitrogens is 3. The van der Waals surface area contributed by atoms with Gasteiger partial charge in [0.2, 0.25) is 0 Å². The van der Waals surface area contributed by atoms with E-state index < -0.39 is 0 Å². The molecule has 2 aromatic carbocycles. The molecule has 0 unspecified atom stereocenters. The van der Waals surface area contributed by atoms with Gasteiger partial charge in [0.05, 0.1) is 6.54 Å². The van der Waals surface area contributed by atoms with Crippen LogP contribution in [0.1, 0.15) is 22.3 Å². The summed E-state index contributed by atoms with van der Waals surface area (Å²) in [6, 6.07) is 17.0.